The zero-order valence-corrected chi connectivity index (χ0v) is 11.4. The lowest BCUT2D eigenvalue weighted by Gasteiger charge is -2.07. The predicted octanol–water partition coefficient (Wildman–Crippen LogP) is -0.446. The number of hydrogen-bond donors (Lipinski definition) is 1. The van der Waals surface area contributed by atoms with Gasteiger partial charge in [0, 0.05) is 14.1 Å². The Morgan fingerprint density at radius 1 is 1.24 bits per heavy atom. The fourth-order valence-electron chi connectivity index (χ4n) is 1.99. The van der Waals surface area contributed by atoms with Gasteiger partial charge in [0.05, 0.1) is 18.2 Å². The Morgan fingerprint density at radius 2 is 2.05 bits per heavy atom. The molecule has 0 bridgehead atoms. The van der Waals surface area contributed by atoms with Crippen molar-refractivity contribution in [1.29, 1.82) is 0 Å². The predicted molar refractivity (Wildman–Crippen MR) is 69.3 cm³/mol. The van der Waals surface area contributed by atoms with Crippen molar-refractivity contribution in [3.63, 3.8) is 0 Å². The van der Waals surface area contributed by atoms with Crippen molar-refractivity contribution in [1.82, 2.24) is 39.3 Å². The number of aromatic carboxylic acids is 1. The summed E-state index contributed by atoms with van der Waals surface area (Å²) in [5.74, 6) is -0.504. The summed E-state index contributed by atoms with van der Waals surface area (Å²) in [6.07, 6.45) is 4.72. The van der Waals surface area contributed by atoms with Crippen LogP contribution in [-0.2, 0) is 20.6 Å². The van der Waals surface area contributed by atoms with Gasteiger partial charge < -0.3 is 14.2 Å². The fourth-order valence-corrected chi connectivity index (χ4v) is 1.99. The monoisotopic (exact) mass is 288 g/mol. The Kier molecular flexibility index (Phi) is 2.97. The van der Waals surface area contributed by atoms with E-state index in [4.69, 9.17) is 0 Å². The number of carboxylic acid groups (broad SMARTS) is 1. The maximum absolute atomic E-state index is 11.3. The van der Waals surface area contributed by atoms with Gasteiger partial charge in [0.15, 0.2) is 11.5 Å². The van der Waals surface area contributed by atoms with E-state index in [1.165, 1.54) is 4.68 Å². The van der Waals surface area contributed by atoms with Crippen LogP contribution in [0.1, 0.15) is 16.3 Å². The van der Waals surface area contributed by atoms with Crippen LogP contribution >= 0.6 is 0 Å². The number of aryl methyl sites for hydroxylation is 2. The van der Waals surface area contributed by atoms with Gasteiger partial charge in [0.2, 0.25) is 0 Å². The molecule has 0 amide bonds. The second-order valence-electron chi connectivity index (χ2n) is 4.50. The van der Waals surface area contributed by atoms with Crippen molar-refractivity contribution in [3.05, 3.63) is 30.4 Å². The van der Waals surface area contributed by atoms with E-state index in [2.05, 4.69) is 25.5 Å². The van der Waals surface area contributed by atoms with Gasteiger partial charge in [-0.3, -0.25) is 0 Å². The highest BCUT2D eigenvalue weighted by molar-refractivity contribution is 5.92. The van der Waals surface area contributed by atoms with Gasteiger partial charge in [-0.1, -0.05) is 5.21 Å². The molecule has 0 fully saturated rings. The highest BCUT2D eigenvalue weighted by Gasteiger charge is 2.23. The van der Waals surface area contributed by atoms with E-state index in [0.29, 0.717) is 17.2 Å². The lowest BCUT2D eigenvalue weighted by molar-refractivity contribution is 0.0691. The van der Waals surface area contributed by atoms with Gasteiger partial charge in [0.25, 0.3) is 0 Å². The minimum Gasteiger partial charge on any atom is -0.476 e. The maximum Gasteiger partial charge on any atom is 0.358 e. The van der Waals surface area contributed by atoms with Crippen LogP contribution in [0.15, 0.2) is 18.9 Å². The highest BCUT2D eigenvalue weighted by Crippen LogP contribution is 2.22. The molecule has 1 N–H and O–H groups in total. The van der Waals surface area contributed by atoms with Crippen LogP contribution in [0, 0.1) is 0 Å². The van der Waals surface area contributed by atoms with E-state index < -0.39 is 5.97 Å². The number of aromatic nitrogens is 8. The number of carbonyl (C=O) groups is 1. The largest absolute Gasteiger partial charge is 0.476 e. The van der Waals surface area contributed by atoms with Gasteiger partial charge >= 0.3 is 5.97 Å². The summed E-state index contributed by atoms with van der Waals surface area (Å²) in [4.78, 5) is 15.3. The number of rotatable bonds is 4. The van der Waals surface area contributed by atoms with Crippen LogP contribution in [0.2, 0.25) is 0 Å². The topological polar surface area (TPSA) is 117 Å². The van der Waals surface area contributed by atoms with Crippen LogP contribution in [0.25, 0.3) is 11.4 Å². The molecule has 0 aliphatic heterocycles. The first-order chi connectivity index (χ1) is 10.1. The van der Waals surface area contributed by atoms with E-state index in [9.17, 15) is 9.90 Å². The zero-order chi connectivity index (χ0) is 15.0. The molecule has 3 heterocycles. The Labute approximate surface area is 118 Å². The molecule has 0 saturated heterocycles. The lowest BCUT2D eigenvalue weighted by Crippen LogP contribution is -2.11. The Morgan fingerprint density at radius 3 is 2.62 bits per heavy atom. The van der Waals surface area contributed by atoms with Crippen molar-refractivity contribution in [2.45, 2.75) is 6.54 Å². The van der Waals surface area contributed by atoms with Gasteiger partial charge in [-0.25, -0.2) is 14.5 Å². The highest BCUT2D eigenvalue weighted by atomic mass is 16.4. The summed E-state index contributed by atoms with van der Waals surface area (Å²) in [6, 6.07) is 0. The maximum atomic E-state index is 11.3. The molecular formula is C11H12N8O2. The summed E-state index contributed by atoms with van der Waals surface area (Å²) in [7, 11) is 3.57. The normalized spacial score (nSPS) is 11.0. The third kappa shape index (κ3) is 2.16. The van der Waals surface area contributed by atoms with E-state index >= 15 is 0 Å². The number of imidazole rings is 1. The van der Waals surface area contributed by atoms with Gasteiger partial charge in [-0.15, -0.1) is 15.3 Å². The zero-order valence-electron chi connectivity index (χ0n) is 11.4. The first kappa shape index (κ1) is 13.0. The SMILES string of the molecule is Cn1cncc1-c1c(C(=O)O)nnn1Cc1nncn1C. The molecule has 0 aliphatic rings. The quantitative estimate of drug-likeness (QED) is 0.691. The third-order valence-corrected chi connectivity index (χ3v) is 3.09. The van der Waals surface area contributed by atoms with Crippen LogP contribution in [0.5, 0.6) is 0 Å². The van der Waals surface area contributed by atoms with Crippen LogP contribution in [0.3, 0.4) is 0 Å². The van der Waals surface area contributed by atoms with Crippen molar-refractivity contribution in [3.8, 4) is 11.4 Å². The molecule has 0 aliphatic carbocycles. The van der Waals surface area contributed by atoms with Gasteiger partial charge in [-0.2, -0.15) is 0 Å². The third-order valence-electron chi connectivity index (χ3n) is 3.09. The molecule has 0 saturated carbocycles. The molecule has 0 spiro atoms. The molecule has 3 aromatic rings. The molecule has 10 heteroatoms. The summed E-state index contributed by atoms with van der Waals surface area (Å²) in [6.45, 7) is 0.261. The second-order valence-corrected chi connectivity index (χ2v) is 4.50. The molecule has 108 valence electrons. The molecule has 21 heavy (non-hydrogen) atoms. The lowest BCUT2D eigenvalue weighted by atomic mass is 10.2. The Bertz CT molecular complexity index is 799. The molecule has 0 radical (unpaired) electrons. The second kappa shape index (κ2) is 4.81. The number of nitrogens with zero attached hydrogens (tertiary/aromatic N) is 8. The van der Waals surface area contributed by atoms with Crippen molar-refractivity contribution in [2.24, 2.45) is 14.1 Å². The van der Waals surface area contributed by atoms with Gasteiger partial charge in [0.1, 0.15) is 18.6 Å². The van der Waals surface area contributed by atoms with Crippen molar-refractivity contribution in [2.75, 3.05) is 0 Å². The van der Waals surface area contributed by atoms with E-state index in [0.717, 1.165) is 0 Å². The Hall–Kier alpha value is -3.04. The average molecular weight is 288 g/mol. The first-order valence-electron chi connectivity index (χ1n) is 6.04. The van der Waals surface area contributed by atoms with E-state index in [1.807, 2.05) is 0 Å². The van der Waals surface area contributed by atoms with Crippen molar-refractivity contribution < 1.29 is 9.90 Å². The number of carboxylic acids is 1. The summed E-state index contributed by atoms with van der Waals surface area (Å²) in [5, 5.41) is 24.7. The molecule has 10 nitrogen and oxygen atoms in total. The van der Waals surface area contributed by atoms with Crippen LogP contribution in [-0.4, -0.2) is 50.4 Å². The minimum atomic E-state index is -1.14. The van der Waals surface area contributed by atoms with Crippen LogP contribution in [0.4, 0.5) is 0 Å². The first-order valence-corrected chi connectivity index (χ1v) is 6.04. The van der Waals surface area contributed by atoms with Crippen molar-refractivity contribution >= 4 is 5.97 Å². The molecule has 0 unspecified atom stereocenters. The summed E-state index contributed by atoms with van der Waals surface area (Å²) in [5.41, 5.74) is 0.867. The van der Waals surface area contributed by atoms with E-state index in [-0.39, 0.29) is 12.2 Å². The molecular weight excluding hydrogens is 276 g/mol. The van der Waals surface area contributed by atoms with Crippen LogP contribution < -0.4 is 0 Å². The molecule has 0 atom stereocenters. The summed E-state index contributed by atoms with van der Waals surface area (Å²) < 4.78 is 4.91. The molecule has 3 aromatic heterocycles. The van der Waals surface area contributed by atoms with E-state index in [1.54, 1.807) is 42.1 Å². The summed E-state index contributed by atoms with van der Waals surface area (Å²) >= 11 is 0. The average Bonchev–Trinajstić information content (AvgIpc) is 3.12. The standard InChI is InChI=1S/C11H12N8O2/c1-17-5-12-3-7(17)10-9(11(20)21)15-16-19(10)4-8-14-13-6-18(8)2/h3,5-6H,4H2,1-2H3,(H,20,21). The Balaban J connectivity index is 2.12. The smallest absolute Gasteiger partial charge is 0.358 e. The minimum absolute atomic E-state index is 0.124. The fraction of sp³-hybridized carbons (Fsp3) is 0.273. The molecule has 3 rings (SSSR count). The van der Waals surface area contributed by atoms with Gasteiger partial charge in [-0.05, 0) is 0 Å². The number of hydrogen-bond acceptors (Lipinski definition) is 6. The molecule has 0 aromatic carbocycles.